The molecule has 0 saturated carbocycles. The second kappa shape index (κ2) is 6.17. The van der Waals surface area contributed by atoms with Crippen LogP contribution in [0, 0.1) is 0 Å². The minimum Gasteiger partial charge on any atom is -0.494 e. The van der Waals surface area contributed by atoms with Crippen molar-refractivity contribution in [1.29, 1.82) is 0 Å². The van der Waals surface area contributed by atoms with Gasteiger partial charge in [-0.05, 0) is 24.6 Å². The number of hydrogen-bond donors (Lipinski definition) is 1. The van der Waals surface area contributed by atoms with Crippen LogP contribution in [0.5, 0.6) is 5.75 Å². The Labute approximate surface area is 109 Å². The highest BCUT2D eigenvalue weighted by molar-refractivity contribution is 7.89. The number of nitrogens with two attached hydrogens (primary N) is 1. The number of rotatable bonds is 6. The zero-order valence-corrected chi connectivity index (χ0v) is 11.8. The molecule has 1 aromatic carbocycles. The van der Waals surface area contributed by atoms with Gasteiger partial charge in [-0.15, -0.1) is 0 Å². The lowest BCUT2D eigenvalue weighted by Crippen LogP contribution is -2.31. The highest BCUT2D eigenvalue weighted by Crippen LogP contribution is 2.18. The molecule has 0 bridgehead atoms. The fourth-order valence-corrected chi connectivity index (χ4v) is 2.39. The van der Waals surface area contributed by atoms with Crippen LogP contribution in [0.3, 0.4) is 0 Å². The van der Waals surface area contributed by atoms with Crippen LogP contribution in [0.25, 0.3) is 0 Å². The zero-order valence-electron chi connectivity index (χ0n) is 11.0. The summed E-state index contributed by atoms with van der Waals surface area (Å²) in [6.45, 7) is 2.50. The van der Waals surface area contributed by atoms with Crippen LogP contribution in [0.2, 0.25) is 0 Å². The first-order chi connectivity index (χ1) is 8.36. The summed E-state index contributed by atoms with van der Waals surface area (Å²) >= 11 is 0. The van der Waals surface area contributed by atoms with Crippen molar-refractivity contribution in [2.45, 2.75) is 13.0 Å². The molecule has 102 valence electrons. The lowest BCUT2D eigenvalue weighted by molar-refractivity contribution is 0.340. The van der Waals surface area contributed by atoms with Crippen LogP contribution in [0.1, 0.15) is 18.5 Å². The fraction of sp³-hybridized carbons (Fsp3) is 0.500. The Bertz CT molecular complexity index is 469. The van der Waals surface area contributed by atoms with E-state index in [4.69, 9.17) is 10.5 Å². The van der Waals surface area contributed by atoms with Gasteiger partial charge < -0.3 is 10.5 Å². The largest absolute Gasteiger partial charge is 0.494 e. The van der Waals surface area contributed by atoms with Gasteiger partial charge in [0.2, 0.25) is 10.0 Å². The first-order valence-corrected chi connectivity index (χ1v) is 7.36. The smallest absolute Gasteiger partial charge is 0.215 e. The lowest BCUT2D eigenvalue weighted by Gasteiger charge is -2.16. The Morgan fingerprint density at radius 1 is 1.28 bits per heavy atom. The summed E-state index contributed by atoms with van der Waals surface area (Å²) in [4.78, 5) is 0. The summed E-state index contributed by atoms with van der Waals surface area (Å²) in [5, 5.41) is 0. The van der Waals surface area contributed by atoms with Crippen molar-refractivity contribution in [2.24, 2.45) is 5.73 Å². The van der Waals surface area contributed by atoms with Gasteiger partial charge in [-0.25, -0.2) is 12.7 Å². The molecule has 5 nitrogen and oxygen atoms in total. The van der Waals surface area contributed by atoms with Gasteiger partial charge in [-0.3, -0.25) is 0 Å². The van der Waals surface area contributed by atoms with Crippen molar-refractivity contribution in [2.75, 3.05) is 26.5 Å². The number of nitrogens with zero attached hydrogens (tertiary/aromatic N) is 1. The average molecular weight is 272 g/mol. The van der Waals surface area contributed by atoms with Crippen LogP contribution in [0.15, 0.2) is 24.3 Å². The molecule has 1 unspecified atom stereocenters. The quantitative estimate of drug-likeness (QED) is 0.837. The molecule has 0 heterocycles. The van der Waals surface area contributed by atoms with E-state index in [0.29, 0.717) is 6.61 Å². The summed E-state index contributed by atoms with van der Waals surface area (Å²) in [7, 11) is -0.288. The summed E-state index contributed by atoms with van der Waals surface area (Å²) in [5.41, 5.74) is 6.68. The van der Waals surface area contributed by atoms with E-state index in [2.05, 4.69) is 0 Å². The molecule has 0 amide bonds. The Morgan fingerprint density at radius 2 is 1.83 bits per heavy atom. The Morgan fingerprint density at radius 3 is 2.28 bits per heavy atom. The fourth-order valence-electron chi connectivity index (χ4n) is 1.45. The second-order valence-electron chi connectivity index (χ2n) is 4.17. The number of benzene rings is 1. The van der Waals surface area contributed by atoms with Gasteiger partial charge in [0.25, 0.3) is 0 Å². The van der Waals surface area contributed by atoms with E-state index in [9.17, 15) is 8.42 Å². The first-order valence-electron chi connectivity index (χ1n) is 5.75. The number of hydrogen-bond acceptors (Lipinski definition) is 4. The highest BCUT2D eigenvalue weighted by atomic mass is 32.2. The van der Waals surface area contributed by atoms with Crippen molar-refractivity contribution in [1.82, 2.24) is 4.31 Å². The van der Waals surface area contributed by atoms with Gasteiger partial charge in [0.05, 0.1) is 12.4 Å². The maximum absolute atomic E-state index is 11.7. The van der Waals surface area contributed by atoms with Crippen LogP contribution < -0.4 is 10.5 Å². The van der Waals surface area contributed by atoms with Crippen molar-refractivity contribution in [3.05, 3.63) is 29.8 Å². The van der Waals surface area contributed by atoms with Crippen molar-refractivity contribution < 1.29 is 13.2 Å². The molecule has 1 atom stereocenters. The maximum Gasteiger partial charge on any atom is 0.215 e. The monoisotopic (exact) mass is 272 g/mol. The van der Waals surface area contributed by atoms with Crippen molar-refractivity contribution >= 4 is 10.0 Å². The average Bonchev–Trinajstić information content (AvgIpc) is 2.29. The molecule has 0 aliphatic rings. The summed E-state index contributed by atoms with van der Waals surface area (Å²) in [6, 6.07) is 6.64. The van der Waals surface area contributed by atoms with E-state index in [0.717, 1.165) is 11.3 Å². The molecule has 18 heavy (non-hydrogen) atoms. The summed E-state index contributed by atoms with van der Waals surface area (Å²) in [5.74, 6) is 0.650. The second-order valence-corrected chi connectivity index (χ2v) is 6.40. The number of ether oxygens (including phenoxy) is 1. The van der Waals surface area contributed by atoms with Gasteiger partial charge in [0.1, 0.15) is 5.75 Å². The molecule has 0 aliphatic carbocycles. The molecule has 2 N–H and O–H groups in total. The maximum atomic E-state index is 11.7. The van der Waals surface area contributed by atoms with Gasteiger partial charge in [0, 0.05) is 20.1 Å². The third-order valence-corrected chi connectivity index (χ3v) is 4.46. The van der Waals surface area contributed by atoms with Crippen molar-refractivity contribution in [3.63, 3.8) is 0 Å². The van der Waals surface area contributed by atoms with E-state index in [-0.39, 0.29) is 5.75 Å². The minimum atomic E-state index is -3.29. The normalized spacial score (nSPS) is 13.6. The molecule has 0 spiro atoms. The van der Waals surface area contributed by atoms with E-state index in [1.807, 2.05) is 6.92 Å². The van der Waals surface area contributed by atoms with Crippen LogP contribution in [0.4, 0.5) is 0 Å². The molecule has 0 saturated heterocycles. The summed E-state index contributed by atoms with van der Waals surface area (Å²) < 4.78 is 29.9. The highest BCUT2D eigenvalue weighted by Gasteiger charge is 2.19. The zero-order chi connectivity index (χ0) is 13.8. The molecule has 0 aliphatic heterocycles. The third-order valence-electron chi connectivity index (χ3n) is 2.57. The third kappa shape index (κ3) is 3.97. The van der Waals surface area contributed by atoms with Gasteiger partial charge in [-0.2, -0.15) is 0 Å². The Balaban J connectivity index is 2.76. The van der Waals surface area contributed by atoms with Gasteiger partial charge >= 0.3 is 0 Å². The topological polar surface area (TPSA) is 72.6 Å². The number of sulfonamides is 1. The lowest BCUT2D eigenvalue weighted by atomic mass is 10.1. The van der Waals surface area contributed by atoms with E-state index < -0.39 is 16.1 Å². The van der Waals surface area contributed by atoms with E-state index in [1.165, 1.54) is 18.4 Å². The molecule has 0 aromatic heterocycles. The molecule has 1 aromatic rings. The van der Waals surface area contributed by atoms with Gasteiger partial charge in [0.15, 0.2) is 0 Å². The Hall–Kier alpha value is -1.11. The predicted octanol–water partition coefficient (Wildman–Crippen LogP) is 0.976. The van der Waals surface area contributed by atoms with Crippen LogP contribution in [-0.4, -0.2) is 39.2 Å². The molecule has 1 rings (SSSR count). The minimum absolute atomic E-state index is 0.103. The Kier molecular flexibility index (Phi) is 5.13. The SMILES string of the molecule is CCOc1ccc(C(N)CS(=O)(=O)N(C)C)cc1. The predicted molar refractivity (Wildman–Crippen MR) is 72.0 cm³/mol. The van der Waals surface area contributed by atoms with Crippen LogP contribution in [-0.2, 0) is 10.0 Å². The van der Waals surface area contributed by atoms with Crippen molar-refractivity contribution in [3.8, 4) is 5.75 Å². The molecular formula is C12H20N2O3S. The van der Waals surface area contributed by atoms with Crippen LogP contribution >= 0.6 is 0 Å². The molecular weight excluding hydrogens is 252 g/mol. The first kappa shape index (κ1) is 14.9. The molecule has 0 radical (unpaired) electrons. The molecule has 6 heteroatoms. The van der Waals surface area contributed by atoms with E-state index >= 15 is 0 Å². The standard InChI is InChI=1S/C12H20N2O3S/c1-4-17-11-7-5-10(6-8-11)12(13)9-18(15,16)14(2)3/h5-8,12H,4,9,13H2,1-3H3. The van der Waals surface area contributed by atoms with E-state index in [1.54, 1.807) is 24.3 Å². The van der Waals surface area contributed by atoms with Gasteiger partial charge in [-0.1, -0.05) is 12.1 Å². The molecule has 0 fully saturated rings. The summed E-state index contributed by atoms with van der Waals surface area (Å²) in [6.07, 6.45) is 0.